The molecule has 1 saturated carbocycles. The Morgan fingerprint density at radius 1 is 1.47 bits per heavy atom. The summed E-state index contributed by atoms with van der Waals surface area (Å²) >= 11 is 0. The fourth-order valence-electron chi connectivity index (χ4n) is 2.37. The molecule has 0 aromatic heterocycles. The van der Waals surface area contributed by atoms with Gasteiger partial charge in [0.2, 0.25) is 5.91 Å². The standard InChI is InChI=1S/C13H26N2O2/c1-9(2)17-8-7-15-13(16)11-5-4-6-12(14)10(11)3/h9-12H,4-8,14H2,1-3H3,(H,15,16). The number of amides is 1. The number of hydrogen-bond donors (Lipinski definition) is 2. The molecule has 3 unspecified atom stereocenters. The van der Waals surface area contributed by atoms with E-state index in [4.69, 9.17) is 10.5 Å². The Hall–Kier alpha value is -0.610. The second kappa shape index (κ2) is 6.97. The van der Waals surface area contributed by atoms with Gasteiger partial charge in [0, 0.05) is 18.5 Å². The van der Waals surface area contributed by atoms with Gasteiger partial charge in [-0.25, -0.2) is 0 Å². The highest BCUT2D eigenvalue weighted by Crippen LogP contribution is 2.28. The van der Waals surface area contributed by atoms with Crippen molar-refractivity contribution < 1.29 is 9.53 Å². The quantitative estimate of drug-likeness (QED) is 0.714. The molecule has 4 heteroatoms. The first-order chi connectivity index (χ1) is 8.02. The van der Waals surface area contributed by atoms with E-state index in [1.54, 1.807) is 0 Å². The van der Waals surface area contributed by atoms with E-state index in [1.165, 1.54) is 0 Å². The normalized spacial score (nSPS) is 29.4. The Labute approximate surface area is 104 Å². The van der Waals surface area contributed by atoms with E-state index < -0.39 is 0 Å². The predicted molar refractivity (Wildman–Crippen MR) is 68.6 cm³/mol. The highest BCUT2D eigenvalue weighted by Gasteiger charge is 2.32. The van der Waals surface area contributed by atoms with Gasteiger partial charge in [0.25, 0.3) is 0 Å². The highest BCUT2D eigenvalue weighted by atomic mass is 16.5. The first-order valence-electron chi connectivity index (χ1n) is 6.67. The van der Waals surface area contributed by atoms with E-state index in [2.05, 4.69) is 12.2 Å². The van der Waals surface area contributed by atoms with Gasteiger partial charge in [0.1, 0.15) is 0 Å². The van der Waals surface area contributed by atoms with Crippen molar-refractivity contribution >= 4 is 5.91 Å². The van der Waals surface area contributed by atoms with Crippen LogP contribution in [0.1, 0.15) is 40.0 Å². The Balaban J connectivity index is 2.27. The molecule has 1 rings (SSSR count). The molecule has 1 fully saturated rings. The number of nitrogens with one attached hydrogen (secondary N) is 1. The summed E-state index contributed by atoms with van der Waals surface area (Å²) in [4.78, 5) is 12.0. The zero-order valence-corrected chi connectivity index (χ0v) is 11.2. The molecule has 1 aliphatic rings. The summed E-state index contributed by atoms with van der Waals surface area (Å²) in [6.07, 6.45) is 3.29. The van der Waals surface area contributed by atoms with Crippen LogP contribution in [0.15, 0.2) is 0 Å². The number of rotatable bonds is 5. The molecular weight excluding hydrogens is 216 g/mol. The topological polar surface area (TPSA) is 64.3 Å². The lowest BCUT2D eigenvalue weighted by molar-refractivity contribution is -0.128. The molecule has 4 nitrogen and oxygen atoms in total. The monoisotopic (exact) mass is 242 g/mol. The van der Waals surface area contributed by atoms with Crippen LogP contribution in [-0.2, 0) is 9.53 Å². The summed E-state index contributed by atoms with van der Waals surface area (Å²) in [7, 11) is 0. The molecule has 1 amide bonds. The zero-order chi connectivity index (χ0) is 12.8. The van der Waals surface area contributed by atoms with Crippen molar-refractivity contribution in [2.75, 3.05) is 13.2 Å². The Morgan fingerprint density at radius 2 is 2.18 bits per heavy atom. The number of nitrogens with two attached hydrogens (primary N) is 1. The van der Waals surface area contributed by atoms with E-state index >= 15 is 0 Å². The summed E-state index contributed by atoms with van der Waals surface area (Å²) in [6.45, 7) is 7.23. The smallest absolute Gasteiger partial charge is 0.223 e. The van der Waals surface area contributed by atoms with Crippen LogP contribution in [0.4, 0.5) is 0 Å². The third-order valence-electron chi connectivity index (χ3n) is 3.55. The summed E-state index contributed by atoms with van der Waals surface area (Å²) in [5.41, 5.74) is 6.00. The molecule has 1 aliphatic carbocycles. The Kier molecular flexibility index (Phi) is 5.92. The van der Waals surface area contributed by atoms with Crippen LogP contribution in [0, 0.1) is 11.8 Å². The van der Waals surface area contributed by atoms with Gasteiger partial charge in [0.05, 0.1) is 12.7 Å². The summed E-state index contributed by atoms with van der Waals surface area (Å²) in [5.74, 6) is 0.507. The van der Waals surface area contributed by atoms with Crippen LogP contribution in [0.3, 0.4) is 0 Å². The minimum atomic E-state index is 0.0813. The van der Waals surface area contributed by atoms with Crippen LogP contribution in [-0.4, -0.2) is 31.2 Å². The van der Waals surface area contributed by atoms with Gasteiger partial charge in [-0.2, -0.15) is 0 Å². The summed E-state index contributed by atoms with van der Waals surface area (Å²) in [5, 5.41) is 2.94. The molecule has 0 bridgehead atoms. The van der Waals surface area contributed by atoms with Gasteiger partial charge < -0.3 is 15.8 Å². The molecule has 100 valence electrons. The van der Waals surface area contributed by atoms with Gasteiger partial charge >= 0.3 is 0 Å². The van der Waals surface area contributed by atoms with Crippen LogP contribution < -0.4 is 11.1 Å². The van der Waals surface area contributed by atoms with Crippen LogP contribution in [0.2, 0.25) is 0 Å². The third kappa shape index (κ3) is 4.64. The molecule has 0 saturated heterocycles. The summed E-state index contributed by atoms with van der Waals surface area (Å²) in [6, 6.07) is 0.173. The third-order valence-corrected chi connectivity index (χ3v) is 3.55. The van der Waals surface area contributed by atoms with Crippen molar-refractivity contribution in [1.29, 1.82) is 0 Å². The first-order valence-corrected chi connectivity index (χ1v) is 6.67. The number of hydrogen-bond acceptors (Lipinski definition) is 3. The number of carbonyl (C=O) groups is 1. The minimum Gasteiger partial charge on any atom is -0.377 e. The molecule has 0 aromatic rings. The molecular formula is C13H26N2O2. The Morgan fingerprint density at radius 3 is 2.82 bits per heavy atom. The average Bonchev–Trinajstić information content (AvgIpc) is 2.27. The van der Waals surface area contributed by atoms with Crippen LogP contribution >= 0.6 is 0 Å². The van der Waals surface area contributed by atoms with E-state index in [1.807, 2.05) is 13.8 Å². The number of carbonyl (C=O) groups excluding carboxylic acids is 1. The molecule has 0 aromatic carbocycles. The minimum absolute atomic E-state index is 0.0813. The van der Waals surface area contributed by atoms with Crippen LogP contribution in [0.5, 0.6) is 0 Å². The lowest BCUT2D eigenvalue weighted by atomic mass is 9.77. The SMILES string of the molecule is CC(C)OCCNC(=O)C1CCCC(N)C1C. The molecule has 0 radical (unpaired) electrons. The molecule has 0 aliphatic heterocycles. The molecule has 0 heterocycles. The first kappa shape index (κ1) is 14.5. The maximum atomic E-state index is 12.0. The molecule has 3 atom stereocenters. The van der Waals surface area contributed by atoms with Gasteiger partial charge in [-0.15, -0.1) is 0 Å². The number of ether oxygens (including phenoxy) is 1. The lowest BCUT2D eigenvalue weighted by Gasteiger charge is -2.32. The van der Waals surface area contributed by atoms with Gasteiger partial charge in [-0.3, -0.25) is 4.79 Å². The molecule has 17 heavy (non-hydrogen) atoms. The average molecular weight is 242 g/mol. The highest BCUT2D eigenvalue weighted by molar-refractivity contribution is 5.79. The lowest BCUT2D eigenvalue weighted by Crippen LogP contribution is -2.44. The summed E-state index contributed by atoms with van der Waals surface area (Å²) < 4.78 is 5.39. The second-order valence-corrected chi connectivity index (χ2v) is 5.27. The van der Waals surface area contributed by atoms with Crippen molar-refractivity contribution in [3.63, 3.8) is 0 Å². The van der Waals surface area contributed by atoms with Gasteiger partial charge in [-0.1, -0.05) is 13.3 Å². The van der Waals surface area contributed by atoms with Crippen molar-refractivity contribution in [1.82, 2.24) is 5.32 Å². The van der Waals surface area contributed by atoms with E-state index in [-0.39, 0.29) is 29.9 Å². The second-order valence-electron chi connectivity index (χ2n) is 5.27. The van der Waals surface area contributed by atoms with E-state index in [0.29, 0.717) is 13.2 Å². The largest absolute Gasteiger partial charge is 0.377 e. The van der Waals surface area contributed by atoms with Crippen molar-refractivity contribution in [3.8, 4) is 0 Å². The fourth-order valence-corrected chi connectivity index (χ4v) is 2.37. The zero-order valence-electron chi connectivity index (χ0n) is 11.2. The van der Waals surface area contributed by atoms with Gasteiger partial charge in [0.15, 0.2) is 0 Å². The van der Waals surface area contributed by atoms with Crippen molar-refractivity contribution in [3.05, 3.63) is 0 Å². The maximum absolute atomic E-state index is 12.0. The Bertz CT molecular complexity index is 244. The molecule has 3 N–H and O–H groups in total. The molecule has 0 spiro atoms. The van der Waals surface area contributed by atoms with Crippen molar-refractivity contribution in [2.24, 2.45) is 17.6 Å². The van der Waals surface area contributed by atoms with Gasteiger partial charge in [-0.05, 0) is 32.6 Å². The predicted octanol–water partition coefficient (Wildman–Crippen LogP) is 1.29. The van der Waals surface area contributed by atoms with E-state index in [0.717, 1.165) is 19.3 Å². The van der Waals surface area contributed by atoms with E-state index in [9.17, 15) is 4.79 Å². The van der Waals surface area contributed by atoms with Crippen LogP contribution in [0.25, 0.3) is 0 Å². The maximum Gasteiger partial charge on any atom is 0.223 e. The van der Waals surface area contributed by atoms with Crippen molar-refractivity contribution in [2.45, 2.75) is 52.2 Å². The fraction of sp³-hybridized carbons (Fsp3) is 0.923.